The van der Waals surface area contributed by atoms with Crippen molar-refractivity contribution in [2.45, 2.75) is 20.0 Å². The molecule has 9 heteroatoms. The van der Waals surface area contributed by atoms with Crippen LogP contribution in [0, 0.1) is 5.92 Å². The van der Waals surface area contributed by atoms with Gasteiger partial charge in [0.25, 0.3) is 5.91 Å². The number of benzene rings is 2. The second kappa shape index (κ2) is 9.38. The lowest BCUT2D eigenvalue weighted by Crippen LogP contribution is -2.36. The Morgan fingerprint density at radius 3 is 2.23 bits per heavy atom. The molecule has 166 valence electrons. The van der Waals surface area contributed by atoms with Crippen LogP contribution in [0.1, 0.15) is 29.8 Å². The van der Waals surface area contributed by atoms with Gasteiger partial charge < -0.3 is 20.3 Å². The summed E-state index contributed by atoms with van der Waals surface area (Å²) in [5, 5.41) is 5.33. The number of halogens is 3. The number of morpholine rings is 1. The summed E-state index contributed by atoms with van der Waals surface area (Å²) in [6, 6.07) is 9.48. The van der Waals surface area contributed by atoms with E-state index in [1.54, 1.807) is 26.0 Å². The van der Waals surface area contributed by atoms with Crippen LogP contribution < -0.4 is 15.5 Å². The Bertz CT molecular complexity index is 937. The van der Waals surface area contributed by atoms with E-state index in [1.165, 1.54) is 18.2 Å². The fourth-order valence-corrected chi connectivity index (χ4v) is 3.08. The lowest BCUT2D eigenvalue weighted by Gasteiger charge is -2.31. The molecule has 0 radical (unpaired) electrons. The standard InChI is InChI=1S/C22H24F3N3O3/c1-14(2)20(29)26-17-6-3-15(4-7-17)21(30)27-18-13-16(22(23,24)25)5-8-19(18)28-9-11-31-12-10-28/h3-8,13-14H,9-12H2,1-2H3,(H,26,29)(H,27,30). The molecular formula is C22H24F3N3O3. The van der Waals surface area contributed by atoms with Crippen molar-refractivity contribution in [3.05, 3.63) is 53.6 Å². The van der Waals surface area contributed by atoms with Crippen LogP contribution in [-0.4, -0.2) is 38.1 Å². The minimum Gasteiger partial charge on any atom is -0.378 e. The van der Waals surface area contributed by atoms with E-state index in [0.717, 1.165) is 12.1 Å². The van der Waals surface area contributed by atoms with Gasteiger partial charge in [-0.05, 0) is 42.5 Å². The van der Waals surface area contributed by atoms with Crippen LogP contribution in [-0.2, 0) is 15.7 Å². The molecule has 2 aromatic rings. The van der Waals surface area contributed by atoms with Gasteiger partial charge in [-0.15, -0.1) is 0 Å². The van der Waals surface area contributed by atoms with Gasteiger partial charge in [-0.25, -0.2) is 0 Å². The smallest absolute Gasteiger partial charge is 0.378 e. The first-order valence-electron chi connectivity index (χ1n) is 9.91. The third kappa shape index (κ3) is 5.75. The molecule has 1 fully saturated rings. The summed E-state index contributed by atoms with van der Waals surface area (Å²) in [7, 11) is 0. The van der Waals surface area contributed by atoms with Gasteiger partial charge in [0.2, 0.25) is 5.91 Å². The molecule has 6 nitrogen and oxygen atoms in total. The highest BCUT2D eigenvalue weighted by Crippen LogP contribution is 2.36. The van der Waals surface area contributed by atoms with E-state index in [0.29, 0.717) is 37.7 Å². The van der Waals surface area contributed by atoms with Crippen molar-refractivity contribution in [2.75, 3.05) is 41.8 Å². The number of amides is 2. The Hall–Kier alpha value is -3.07. The molecule has 3 rings (SSSR count). The summed E-state index contributed by atoms with van der Waals surface area (Å²) in [4.78, 5) is 26.4. The predicted octanol–water partition coefficient (Wildman–Crippen LogP) is 4.39. The SMILES string of the molecule is CC(C)C(=O)Nc1ccc(C(=O)Nc2cc(C(F)(F)F)ccc2N2CCOCC2)cc1. The molecule has 0 aliphatic carbocycles. The summed E-state index contributed by atoms with van der Waals surface area (Å²) < 4.78 is 45.0. The molecule has 1 aliphatic rings. The molecule has 0 aromatic heterocycles. The highest BCUT2D eigenvalue weighted by molar-refractivity contribution is 6.06. The van der Waals surface area contributed by atoms with Crippen molar-refractivity contribution in [3.8, 4) is 0 Å². The van der Waals surface area contributed by atoms with E-state index < -0.39 is 17.6 Å². The lowest BCUT2D eigenvalue weighted by atomic mass is 10.1. The van der Waals surface area contributed by atoms with Gasteiger partial charge in [0.15, 0.2) is 0 Å². The molecule has 0 atom stereocenters. The van der Waals surface area contributed by atoms with Crippen molar-refractivity contribution in [1.29, 1.82) is 0 Å². The average molecular weight is 435 g/mol. The van der Waals surface area contributed by atoms with Gasteiger partial charge >= 0.3 is 6.18 Å². The first-order valence-corrected chi connectivity index (χ1v) is 9.91. The highest BCUT2D eigenvalue weighted by Gasteiger charge is 2.32. The quantitative estimate of drug-likeness (QED) is 0.731. The summed E-state index contributed by atoms with van der Waals surface area (Å²) in [5.41, 5.74) is 0.534. The van der Waals surface area contributed by atoms with E-state index in [2.05, 4.69) is 10.6 Å². The van der Waals surface area contributed by atoms with Gasteiger partial charge in [0.1, 0.15) is 0 Å². The van der Waals surface area contributed by atoms with Crippen molar-refractivity contribution < 1.29 is 27.5 Å². The van der Waals surface area contributed by atoms with Crippen LogP contribution in [0.5, 0.6) is 0 Å². The molecule has 31 heavy (non-hydrogen) atoms. The zero-order chi connectivity index (χ0) is 22.6. The number of carbonyl (C=O) groups is 2. The summed E-state index contributed by atoms with van der Waals surface area (Å²) in [6.45, 7) is 5.46. The maximum Gasteiger partial charge on any atom is 0.416 e. The molecule has 2 N–H and O–H groups in total. The molecule has 0 unspecified atom stereocenters. The van der Waals surface area contributed by atoms with Gasteiger partial charge in [-0.3, -0.25) is 9.59 Å². The highest BCUT2D eigenvalue weighted by atomic mass is 19.4. The van der Waals surface area contributed by atoms with Gasteiger partial charge in [0, 0.05) is 30.3 Å². The first-order chi connectivity index (χ1) is 14.6. The summed E-state index contributed by atoms with van der Waals surface area (Å²) in [5.74, 6) is -0.894. The zero-order valence-corrected chi connectivity index (χ0v) is 17.3. The third-order valence-corrected chi connectivity index (χ3v) is 4.86. The molecule has 2 amide bonds. The average Bonchev–Trinajstić information content (AvgIpc) is 2.74. The monoisotopic (exact) mass is 435 g/mol. The van der Waals surface area contributed by atoms with Gasteiger partial charge in [-0.2, -0.15) is 13.2 Å². The molecule has 2 aromatic carbocycles. The van der Waals surface area contributed by atoms with Crippen molar-refractivity contribution >= 4 is 28.9 Å². The minimum absolute atomic E-state index is 0.0823. The van der Waals surface area contributed by atoms with Crippen LogP contribution in [0.2, 0.25) is 0 Å². The molecule has 0 bridgehead atoms. The number of hydrogen-bond acceptors (Lipinski definition) is 4. The van der Waals surface area contributed by atoms with Crippen molar-refractivity contribution in [2.24, 2.45) is 5.92 Å². The Labute approximate surface area is 178 Å². The maximum atomic E-state index is 13.2. The molecule has 1 heterocycles. The molecular weight excluding hydrogens is 411 g/mol. The number of anilines is 3. The molecule has 1 saturated heterocycles. The second-order valence-corrected chi connectivity index (χ2v) is 7.50. The fraction of sp³-hybridized carbons (Fsp3) is 0.364. The van der Waals surface area contributed by atoms with Crippen LogP contribution in [0.4, 0.5) is 30.2 Å². The topological polar surface area (TPSA) is 70.7 Å². The largest absolute Gasteiger partial charge is 0.416 e. The van der Waals surface area contributed by atoms with E-state index in [1.807, 2.05) is 4.90 Å². The van der Waals surface area contributed by atoms with Crippen molar-refractivity contribution in [3.63, 3.8) is 0 Å². The lowest BCUT2D eigenvalue weighted by molar-refractivity contribution is -0.137. The Balaban J connectivity index is 1.82. The number of hydrogen-bond donors (Lipinski definition) is 2. The Morgan fingerprint density at radius 2 is 1.65 bits per heavy atom. The van der Waals surface area contributed by atoms with Gasteiger partial charge in [-0.1, -0.05) is 13.8 Å². The number of rotatable bonds is 5. The fourth-order valence-electron chi connectivity index (χ4n) is 3.08. The van der Waals surface area contributed by atoms with E-state index in [9.17, 15) is 22.8 Å². The molecule has 0 saturated carbocycles. The number of carbonyl (C=O) groups excluding carboxylic acids is 2. The zero-order valence-electron chi connectivity index (χ0n) is 17.3. The number of nitrogens with zero attached hydrogens (tertiary/aromatic N) is 1. The minimum atomic E-state index is -4.53. The van der Waals surface area contributed by atoms with Crippen LogP contribution in [0.3, 0.4) is 0 Å². The van der Waals surface area contributed by atoms with Crippen LogP contribution in [0.15, 0.2) is 42.5 Å². The summed E-state index contributed by atoms with van der Waals surface area (Å²) >= 11 is 0. The maximum absolute atomic E-state index is 13.2. The second-order valence-electron chi connectivity index (χ2n) is 7.50. The third-order valence-electron chi connectivity index (χ3n) is 4.86. The number of nitrogens with one attached hydrogen (secondary N) is 2. The van der Waals surface area contributed by atoms with E-state index in [-0.39, 0.29) is 23.1 Å². The Morgan fingerprint density at radius 1 is 1.00 bits per heavy atom. The predicted molar refractivity (Wildman–Crippen MR) is 112 cm³/mol. The molecule has 1 aliphatic heterocycles. The normalized spacial score (nSPS) is 14.5. The van der Waals surface area contributed by atoms with Crippen LogP contribution >= 0.6 is 0 Å². The number of alkyl halides is 3. The summed E-state index contributed by atoms with van der Waals surface area (Å²) in [6.07, 6.45) is -4.53. The van der Waals surface area contributed by atoms with Crippen molar-refractivity contribution in [1.82, 2.24) is 0 Å². The van der Waals surface area contributed by atoms with Gasteiger partial charge in [0.05, 0.1) is 30.2 Å². The first kappa shape index (κ1) is 22.6. The Kier molecular flexibility index (Phi) is 6.84. The molecule has 0 spiro atoms. The van der Waals surface area contributed by atoms with E-state index >= 15 is 0 Å². The number of ether oxygens (including phenoxy) is 1. The van der Waals surface area contributed by atoms with E-state index in [4.69, 9.17) is 4.74 Å². The van der Waals surface area contributed by atoms with Crippen LogP contribution in [0.25, 0.3) is 0 Å².